The first-order chi connectivity index (χ1) is 10.3. The van der Waals surface area contributed by atoms with Crippen LogP contribution in [-0.4, -0.2) is 32.7 Å². The molecule has 0 radical (unpaired) electrons. The Hall–Kier alpha value is -2.51. The number of amides is 1. The number of likely N-dealkylation sites (tertiary alicyclic amines) is 1. The van der Waals surface area contributed by atoms with Crippen LogP contribution in [0.2, 0.25) is 0 Å². The second-order valence-corrected chi connectivity index (χ2v) is 5.56. The summed E-state index contributed by atoms with van der Waals surface area (Å²) in [4.78, 5) is 34.8. The van der Waals surface area contributed by atoms with Gasteiger partial charge in [-0.3, -0.25) is 25.0 Å². The van der Waals surface area contributed by atoms with Crippen LogP contribution in [0.5, 0.6) is 0 Å². The Kier molecular flexibility index (Phi) is 4.39. The minimum Gasteiger partial charge on any atom is -0.333 e. The molecule has 118 valence electrons. The SMILES string of the molecule is CC1CCCC(C)N1C(=O)c1ccc([N+](=O)[O-])cc1[N+](=O)[O-]. The normalized spacial score (nSPS) is 21.5. The molecule has 2 atom stereocenters. The predicted molar refractivity (Wildman–Crippen MR) is 78.7 cm³/mol. The van der Waals surface area contributed by atoms with Gasteiger partial charge in [0.2, 0.25) is 0 Å². The molecule has 0 saturated carbocycles. The number of hydrogen-bond donors (Lipinski definition) is 0. The van der Waals surface area contributed by atoms with Crippen molar-refractivity contribution in [3.05, 3.63) is 44.0 Å². The van der Waals surface area contributed by atoms with E-state index in [1.807, 2.05) is 13.8 Å². The van der Waals surface area contributed by atoms with Crippen molar-refractivity contribution < 1.29 is 14.6 Å². The van der Waals surface area contributed by atoms with Gasteiger partial charge in [-0.15, -0.1) is 0 Å². The highest BCUT2D eigenvalue weighted by atomic mass is 16.6. The number of carbonyl (C=O) groups is 1. The number of non-ortho nitro benzene ring substituents is 1. The van der Waals surface area contributed by atoms with Crippen LogP contribution in [0, 0.1) is 20.2 Å². The average molecular weight is 307 g/mol. The Bertz CT molecular complexity index is 621. The average Bonchev–Trinajstić information content (AvgIpc) is 2.46. The Morgan fingerprint density at radius 3 is 2.23 bits per heavy atom. The van der Waals surface area contributed by atoms with Gasteiger partial charge in [0.05, 0.1) is 15.9 Å². The fraction of sp³-hybridized carbons (Fsp3) is 0.500. The first kappa shape index (κ1) is 15.9. The Balaban J connectivity index is 2.44. The van der Waals surface area contributed by atoms with Gasteiger partial charge in [-0.05, 0) is 39.2 Å². The quantitative estimate of drug-likeness (QED) is 0.630. The van der Waals surface area contributed by atoms with E-state index in [1.165, 1.54) is 6.07 Å². The van der Waals surface area contributed by atoms with E-state index in [4.69, 9.17) is 0 Å². The van der Waals surface area contributed by atoms with E-state index >= 15 is 0 Å². The summed E-state index contributed by atoms with van der Waals surface area (Å²) in [5.41, 5.74) is -1.02. The van der Waals surface area contributed by atoms with Gasteiger partial charge in [0.1, 0.15) is 5.56 Å². The maximum Gasteiger partial charge on any atom is 0.289 e. The van der Waals surface area contributed by atoms with E-state index in [2.05, 4.69) is 0 Å². The Labute approximate surface area is 127 Å². The zero-order chi connectivity index (χ0) is 16.4. The van der Waals surface area contributed by atoms with Crippen molar-refractivity contribution >= 4 is 17.3 Å². The number of carbonyl (C=O) groups excluding carboxylic acids is 1. The summed E-state index contributed by atoms with van der Waals surface area (Å²) >= 11 is 0. The van der Waals surface area contributed by atoms with Gasteiger partial charge in [-0.2, -0.15) is 0 Å². The Morgan fingerprint density at radius 2 is 1.73 bits per heavy atom. The summed E-state index contributed by atoms with van der Waals surface area (Å²) < 4.78 is 0. The summed E-state index contributed by atoms with van der Waals surface area (Å²) in [7, 11) is 0. The van der Waals surface area contributed by atoms with Gasteiger partial charge >= 0.3 is 0 Å². The third kappa shape index (κ3) is 2.90. The number of nitro groups is 2. The van der Waals surface area contributed by atoms with E-state index in [9.17, 15) is 25.0 Å². The maximum absolute atomic E-state index is 12.7. The third-order valence-corrected chi connectivity index (χ3v) is 4.05. The molecule has 0 bridgehead atoms. The molecule has 8 nitrogen and oxygen atoms in total. The molecular formula is C14H17N3O5. The van der Waals surface area contributed by atoms with Crippen molar-refractivity contribution in [2.75, 3.05) is 0 Å². The third-order valence-electron chi connectivity index (χ3n) is 4.05. The van der Waals surface area contributed by atoms with Crippen LogP contribution in [0.4, 0.5) is 11.4 Å². The van der Waals surface area contributed by atoms with Crippen LogP contribution in [-0.2, 0) is 0 Å². The largest absolute Gasteiger partial charge is 0.333 e. The Morgan fingerprint density at radius 1 is 1.14 bits per heavy atom. The van der Waals surface area contributed by atoms with Gasteiger partial charge in [-0.25, -0.2) is 0 Å². The molecule has 1 aromatic carbocycles. The lowest BCUT2D eigenvalue weighted by molar-refractivity contribution is -0.394. The second-order valence-electron chi connectivity index (χ2n) is 5.56. The molecule has 1 heterocycles. The molecule has 0 spiro atoms. The lowest BCUT2D eigenvalue weighted by Crippen LogP contribution is -2.47. The number of rotatable bonds is 3. The second kappa shape index (κ2) is 6.08. The first-order valence-electron chi connectivity index (χ1n) is 7.08. The zero-order valence-corrected chi connectivity index (χ0v) is 12.4. The number of nitrogens with zero attached hydrogens (tertiary/aromatic N) is 3. The first-order valence-corrected chi connectivity index (χ1v) is 7.08. The lowest BCUT2D eigenvalue weighted by Gasteiger charge is -2.39. The molecule has 1 aromatic rings. The molecule has 0 N–H and O–H groups in total. The van der Waals surface area contributed by atoms with Gasteiger partial charge in [-0.1, -0.05) is 0 Å². The van der Waals surface area contributed by atoms with Crippen molar-refractivity contribution in [3.63, 3.8) is 0 Å². The van der Waals surface area contributed by atoms with Crippen LogP contribution in [0.3, 0.4) is 0 Å². The lowest BCUT2D eigenvalue weighted by atomic mass is 9.96. The molecule has 2 unspecified atom stereocenters. The highest BCUT2D eigenvalue weighted by Crippen LogP contribution is 2.30. The summed E-state index contributed by atoms with van der Waals surface area (Å²) in [5.74, 6) is -0.443. The van der Waals surface area contributed by atoms with E-state index in [1.54, 1.807) is 4.90 Å². The van der Waals surface area contributed by atoms with E-state index in [0.717, 1.165) is 31.4 Å². The van der Waals surface area contributed by atoms with Crippen molar-refractivity contribution in [1.82, 2.24) is 4.90 Å². The summed E-state index contributed by atoms with van der Waals surface area (Å²) in [6.07, 6.45) is 2.70. The van der Waals surface area contributed by atoms with Gasteiger partial charge < -0.3 is 4.90 Å². The fourth-order valence-corrected chi connectivity index (χ4v) is 2.93. The van der Waals surface area contributed by atoms with E-state index in [0.29, 0.717) is 0 Å². The molecule has 1 saturated heterocycles. The van der Waals surface area contributed by atoms with Crippen LogP contribution in [0.15, 0.2) is 18.2 Å². The molecule has 1 amide bonds. The zero-order valence-electron chi connectivity index (χ0n) is 12.4. The molecule has 0 aliphatic carbocycles. The minimum absolute atomic E-state index is 0.00829. The smallest absolute Gasteiger partial charge is 0.289 e. The van der Waals surface area contributed by atoms with E-state index in [-0.39, 0.29) is 17.6 Å². The summed E-state index contributed by atoms with van der Waals surface area (Å²) in [6, 6.07) is 3.12. The van der Waals surface area contributed by atoms with Crippen LogP contribution < -0.4 is 0 Å². The molecule has 0 aromatic heterocycles. The van der Waals surface area contributed by atoms with Gasteiger partial charge in [0.25, 0.3) is 17.3 Å². The molecule has 8 heteroatoms. The fourth-order valence-electron chi connectivity index (χ4n) is 2.93. The van der Waals surface area contributed by atoms with Crippen molar-refractivity contribution in [1.29, 1.82) is 0 Å². The van der Waals surface area contributed by atoms with E-state index < -0.39 is 27.1 Å². The summed E-state index contributed by atoms with van der Waals surface area (Å²) in [6.45, 7) is 3.82. The molecule has 2 rings (SSSR count). The molecule has 1 aliphatic heterocycles. The number of piperidine rings is 1. The van der Waals surface area contributed by atoms with Crippen molar-refractivity contribution in [3.8, 4) is 0 Å². The van der Waals surface area contributed by atoms with Crippen molar-refractivity contribution in [2.24, 2.45) is 0 Å². The van der Waals surface area contributed by atoms with Crippen LogP contribution in [0.25, 0.3) is 0 Å². The topological polar surface area (TPSA) is 107 Å². The highest BCUT2D eigenvalue weighted by molar-refractivity contribution is 5.99. The highest BCUT2D eigenvalue weighted by Gasteiger charge is 2.34. The molecular weight excluding hydrogens is 290 g/mol. The maximum atomic E-state index is 12.7. The summed E-state index contributed by atoms with van der Waals surface area (Å²) in [5, 5.41) is 21.9. The van der Waals surface area contributed by atoms with Crippen molar-refractivity contribution in [2.45, 2.75) is 45.2 Å². The van der Waals surface area contributed by atoms with Gasteiger partial charge in [0.15, 0.2) is 0 Å². The predicted octanol–water partition coefficient (Wildman–Crippen LogP) is 2.91. The van der Waals surface area contributed by atoms with Crippen LogP contribution in [0.1, 0.15) is 43.5 Å². The minimum atomic E-state index is -0.750. The molecule has 22 heavy (non-hydrogen) atoms. The number of benzene rings is 1. The molecule has 1 aliphatic rings. The van der Waals surface area contributed by atoms with Gasteiger partial charge in [0, 0.05) is 18.2 Å². The molecule has 1 fully saturated rings. The number of hydrogen-bond acceptors (Lipinski definition) is 5. The monoisotopic (exact) mass is 307 g/mol. The number of nitro benzene ring substituents is 2. The standard InChI is InChI=1S/C14H17N3O5/c1-9-4-3-5-10(2)15(9)14(18)12-7-6-11(16(19)20)8-13(12)17(21)22/h6-10H,3-5H2,1-2H3. The van der Waals surface area contributed by atoms with Crippen LogP contribution >= 0.6 is 0 Å².